The molecule has 0 N–H and O–H groups in total. The number of carbonyl (C=O) groups excluding carboxylic acids is 1. The minimum atomic E-state index is -0.295. The molecule has 2 nitrogen and oxygen atoms in total. The number of hydrogen-bond donors (Lipinski definition) is 0. The molecule has 0 amide bonds. The zero-order valence-corrected chi connectivity index (χ0v) is 18.9. The summed E-state index contributed by atoms with van der Waals surface area (Å²) in [5, 5.41) is 0. The molecule has 1 aliphatic rings. The second kappa shape index (κ2) is 9.35. The van der Waals surface area contributed by atoms with Gasteiger partial charge in [-0.25, -0.2) is 4.79 Å². The molecule has 0 spiro atoms. The Morgan fingerprint density at radius 1 is 0.967 bits per heavy atom. The highest BCUT2D eigenvalue weighted by molar-refractivity contribution is 5.89. The van der Waals surface area contributed by atoms with Crippen LogP contribution in [-0.4, -0.2) is 12.6 Å². The average molecular weight is 401 g/mol. The lowest BCUT2D eigenvalue weighted by molar-refractivity contribution is 0.0526. The Bertz CT molecular complexity index is 1000. The first-order valence-electron chi connectivity index (χ1n) is 11.0. The maximum absolute atomic E-state index is 11.8. The Hall–Kier alpha value is -2.79. The second-order valence-electron chi connectivity index (χ2n) is 8.48. The van der Waals surface area contributed by atoms with Crippen LogP contribution >= 0.6 is 0 Å². The molecule has 2 heteroatoms. The summed E-state index contributed by atoms with van der Waals surface area (Å²) in [7, 11) is 0. The number of rotatable bonds is 4. The van der Waals surface area contributed by atoms with E-state index in [1.807, 2.05) is 19.1 Å². The van der Waals surface area contributed by atoms with Gasteiger partial charge in [0, 0.05) is 11.1 Å². The van der Waals surface area contributed by atoms with Crippen LogP contribution in [0.4, 0.5) is 0 Å². The van der Waals surface area contributed by atoms with Gasteiger partial charge in [-0.2, -0.15) is 0 Å². The SMILES string of the molecule is CCOC(=O)c1ccc(C#Cc2ccc3c(c2)C(=C(CC)CC)CCC3(C)C)cc1. The van der Waals surface area contributed by atoms with Gasteiger partial charge >= 0.3 is 5.97 Å². The predicted octanol–water partition coefficient (Wildman–Crippen LogP) is 6.91. The first kappa shape index (κ1) is 21.9. The van der Waals surface area contributed by atoms with Gasteiger partial charge in [-0.1, -0.05) is 51.2 Å². The number of carbonyl (C=O) groups is 1. The van der Waals surface area contributed by atoms with Crippen molar-refractivity contribution >= 4 is 11.5 Å². The fourth-order valence-electron chi connectivity index (χ4n) is 4.26. The zero-order chi connectivity index (χ0) is 21.7. The first-order chi connectivity index (χ1) is 14.4. The summed E-state index contributed by atoms with van der Waals surface area (Å²) in [5.41, 5.74) is 8.58. The van der Waals surface area contributed by atoms with Crippen molar-refractivity contribution in [1.29, 1.82) is 0 Å². The minimum absolute atomic E-state index is 0.195. The van der Waals surface area contributed by atoms with Gasteiger partial charge in [0.2, 0.25) is 0 Å². The van der Waals surface area contributed by atoms with Gasteiger partial charge in [-0.05, 0) is 91.1 Å². The van der Waals surface area contributed by atoms with Crippen LogP contribution in [0.3, 0.4) is 0 Å². The molecule has 0 saturated heterocycles. The molecule has 2 aromatic rings. The van der Waals surface area contributed by atoms with Crippen molar-refractivity contribution in [2.75, 3.05) is 6.61 Å². The molecule has 0 unspecified atom stereocenters. The van der Waals surface area contributed by atoms with E-state index in [4.69, 9.17) is 4.74 Å². The van der Waals surface area contributed by atoms with Gasteiger partial charge in [0.25, 0.3) is 0 Å². The molecule has 156 valence electrons. The van der Waals surface area contributed by atoms with Gasteiger partial charge in [0.1, 0.15) is 0 Å². The Morgan fingerprint density at radius 3 is 2.23 bits per heavy atom. The molecule has 0 radical (unpaired) electrons. The van der Waals surface area contributed by atoms with E-state index in [-0.39, 0.29) is 11.4 Å². The Kier molecular flexibility index (Phi) is 6.83. The smallest absolute Gasteiger partial charge is 0.338 e. The number of fused-ring (bicyclic) bond motifs is 1. The largest absolute Gasteiger partial charge is 0.462 e. The van der Waals surface area contributed by atoms with Crippen molar-refractivity contribution in [3.63, 3.8) is 0 Å². The van der Waals surface area contributed by atoms with E-state index < -0.39 is 0 Å². The summed E-state index contributed by atoms with van der Waals surface area (Å²) < 4.78 is 5.04. The molecule has 2 aromatic carbocycles. The molecule has 0 atom stereocenters. The van der Waals surface area contributed by atoms with Gasteiger partial charge in [0.05, 0.1) is 12.2 Å². The lowest BCUT2D eigenvalue weighted by Crippen LogP contribution is -2.23. The third-order valence-corrected chi connectivity index (χ3v) is 6.10. The normalized spacial score (nSPS) is 14.4. The van der Waals surface area contributed by atoms with Crippen LogP contribution < -0.4 is 0 Å². The molecule has 0 saturated carbocycles. The molecule has 30 heavy (non-hydrogen) atoms. The van der Waals surface area contributed by atoms with Crippen molar-refractivity contribution in [3.8, 4) is 11.8 Å². The number of benzene rings is 2. The van der Waals surface area contributed by atoms with Crippen LogP contribution in [0.15, 0.2) is 48.0 Å². The monoisotopic (exact) mass is 400 g/mol. The Balaban J connectivity index is 1.94. The van der Waals surface area contributed by atoms with E-state index in [2.05, 4.69) is 57.7 Å². The van der Waals surface area contributed by atoms with Gasteiger partial charge in [-0.3, -0.25) is 0 Å². The fraction of sp³-hybridized carbons (Fsp3) is 0.393. The lowest BCUT2D eigenvalue weighted by atomic mass is 9.69. The summed E-state index contributed by atoms with van der Waals surface area (Å²) in [6.45, 7) is 11.4. The highest BCUT2D eigenvalue weighted by Gasteiger charge is 2.30. The predicted molar refractivity (Wildman–Crippen MR) is 125 cm³/mol. The summed E-state index contributed by atoms with van der Waals surface area (Å²) in [6.07, 6.45) is 4.54. The van der Waals surface area contributed by atoms with E-state index in [1.165, 1.54) is 23.1 Å². The van der Waals surface area contributed by atoms with E-state index in [9.17, 15) is 4.79 Å². The van der Waals surface area contributed by atoms with E-state index in [1.54, 1.807) is 17.7 Å². The second-order valence-corrected chi connectivity index (χ2v) is 8.48. The lowest BCUT2D eigenvalue weighted by Gasteiger charge is -2.35. The summed E-state index contributed by atoms with van der Waals surface area (Å²) in [6, 6.07) is 14.0. The number of allylic oxidation sites excluding steroid dienone is 2. The number of esters is 1. The fourth-order valence-corrected chi connectivity index (χ4v) is 4.26. The Labute approximate surface area is 181 Å². The third kappa shape index (κ3) is 4.68. The van der Waals surface area contributed by atoms with Crippen molar-refractivity contribution in [1.82, 2.24) is 0 Å². The maximum atomic E-state index is 11.8. The molecule has 1 aliphatic carbocycles. The third-order valence-electron chi connectivity index (χ3n) is 6.10. The molecule has 3 rings (SSSR count). The van der Waals surface area contributed by atoms with Gasteiger partial charge in [-0.15, -0.1) is 0 Å². The van der Waals surface area contributed by atoms with E-state index in [0.717, 1.165) is 30.4 Å². The van der Waals surface area contributed by atoms with Crippen LogP contribution in [0, 0.1) is 11.8 Å². The highest BCUT2D eigenvalue weighted by atomic mass is 16.5. The van der Waals surface area contributed by atoms with Crippen LogP contribution in [0.1, 0.15) is 92.9 Å². The zero-order valence-electron chi connectivity index (χ0n) is 18.9. The van der Waals surface area contributed by atoms with Crippen LogP contribution in [-0.2, 0) is 10.2 Å². The molecule has 0 fully saturated rings. The molecule has 0 aromatic heterocycles. The van der Waals surface area contributed by atoms with Crippen molar-refractivity contribution in [2.45, 2.75) is 65.7 Å². The van der Waals surface area contributed by atoms with Crippen molar-refractivity contribution in [3.05, 3.63) is 75.9 Å². The molecule has 0 heterocycles. The first-order valence-corrected chi connectivity index (χ1v) is 11.0. The minimum Gasteiger partial charge on any atom is -0.462 e. The highest BCUT2D eigenvalue weighted by Crippen LogP contribution is 2.44. The maximum Gasteiger partial charge on any atom is 0.338 e. The molecule has 0 aliphatic heterocycles. The molecular formula is C28H32O2. The summed E-state index contributed by atoms with van der Waals surface area (Å²) >= 11 is 0. The van der Waals surface area contributed by atoms with Crippen LogP contribution in [0.25, 0.3) is 5.57 Å². The summed E-state index contributed by atoms with van der Waals surface area (Å²) in [4.78, 5) is 11.8. The van der Waals surface area contributed by atoms with Crippen molar-refractivity contribution in [2.24, 2.45) is 0 Å². The van der Waals surface area contributed by atoms with Gasteiger partial charge in [0.15, 0.2) is 0 Å². The van der Waals surface area contributed by atoms with Crippen LogP contribution in [0.5, 0.6) is 0 Å². The van der Waals surface area contributed by atoms with E-state index in [0.29, 0.717) is 12.2 Å². The molecule has 0 bridgehead atoms. The topological polar surface area (TPSA) is 26.3 Å². The standard InChI is InChI=1S/C28H32O2/c1-6-22(7-2)24-17-18-28(4,5)26-16-13-21(19-25(24)26)10-9-20-11-14-23(15-12-20)27(29)30-8-3/h11-16,19H,6-8,17-18H2,1-5H3. The summed E-state index contributed by atoms with van der Waals surface area (Å²) in [5.74, 6) is 6.26. The Morgan fingerprint density at radius 2 is 1.60 bits per heavy atom. The number of ether oxygens (including phenoxy) is 1. The van der Waals surface area contributed by atoms with Gasteiger partial charge < -0.3 is 4.74 Å². The molecular weight excluding hydrogens is 368 g/mol. The van der Waals surface area contributed by atoms with Crippen LogP contribution in [0.2, 0.25) is 0 Å². The van der Waals surface area contributed by atoms with E-state index >= 15 is 0 Å². The quantitative estimate of drug-likeness (QED) is 0.412. The number of hydrogen-bond acceptors (Lipinski definition) is 2. The average Bonchev–Trinajstić information content (AvgIpc) is 2.75. The van der Waals surface area contributed by atoms with Crippen molar-refractivity contribution < 1.29 is 9.53 Å².